The first-order valence-electron chi connectivity index (χ1n) is 9.96. The minimum Gasteiger partial charge on any atom is -0.481 e. The summed E-state index contributed by atoms with van der Waals surface area (Å²) in [6.45, 7) is 5.20. The molecule has 3 aromatic carbocycles. The summed E-state index contributed by atoms with van der Waals surface area (Å²) in [7, 11) is 0. The number of hydrogen-bond donors (Lipinski definition) is 1. The number of aliphatic carboxylic acids is 1. The van der Waals surface area contributed by atoms with E-state index in [1.165, 1.54) is 22.1 Å². The highest BCUT2D eigenvalue weighted by atomic mass is 35.5. The number of halogens is 1. The number of carboxylic acids is 1. The van der Waals surface area contributed by atoms with Crippen molar-refractivity contribution in [1.82, 2.24) is 0 Å². The summed E-state index contributed by atoms with van der Waals surface area (Å²) in [4.78, 5) is 15.8. The molecule has 0 aromatic heterocycles. The van der Waals surface area contributed by atoms with E-state index in [0.29, 0.717) is 6.04 Å². The minimum absolute atomic E-state index is 0. The largest absolute Gasteiger partial charge is 0.481 e. The van der Waals surface area contributed by atoms with E-state index in [4.69, 9.17) is 5.11 Å². The second-order valence-corrected chi connectivity index (χ2v) is 7.41. The zero-order valence-electron chi connectivity index (χ0n) is 16.6. The Morgan fingerprint density at radius 2 is 1.79 bits per heavy atom. The number of likely N-dealkylation sites (N-methyl/N-ethyl adjacent to an activating group) is 1. The molecule has 0 radical (unpaired) electrons. The maximum atomic E-state index is 10.9. The number of carboxylic acid groups (broad SMARTS) is 1. The monoisotopic (exact) mass is 410 g/mol. The SMILES string of the molecule is CCN(c1cccc2ccccc12)[C@H]1CCN(c2ccc(CC(=O)O)cc2)C1.Cl. The molecule has 0 saturated carbocycles. The van der Waals surface area contributed by atoms with E-state index in [2.05, 4.69) is 71.3 Å². The molecular weight excluding hydrogens is 384 g/mol. The molecule has 0 spiro atoms. The lowest BCUT2D eigenvalue weighted by Gasteiger charge is -2.31. The number of carbonyl (C=O) groups is 1. The van der Waals surface area contributed by atoms with Gasteiger partial charge in [-0.1, -0.05) is 48.5 Å². The Hall–Kier alpha value is -2.72. The van der Waals surface area contributed by atoms with Crippen molar-refractivity contribution in [3.05, 3.63) is 72.3 Å². The van der Waals surface area contributed by atoms with Gasteiger partial charge in [-0.05, 0) is 42.5 Å². The van der Waals surface area contributed by atoms with Crippen LogP contribution in [0.2, 0.25) is 0 Å². The van der Waals surface area contributed by atoms with E-state index in [1.54, 1.807) is 0 Å². The summed E-state index contributed by atoms with van der Waals surface area (Å²) in [5, 5.41) is 11.5. The topological polar surface area (TPSA) is 43.8 Å². The van der Waals surface area contributed by atoms with E-state index < -0.39 is 5.97 Å². The maximum Gasteiger partial charge on any atom is 0.307 e. The van der Waals surface area contributed by atoms with Gasteiger partial charge in [-0.3, -0.25) is 4.79 Å². The third-order valence-electron chi connectivity index (χ3n) is 5.68. The lowest BCUT2D eigenvalue weighted by Crippen LogP contribution is -2.37. The number of hydrogen-bond acceptors (Lipinski definition) is 3. The van der Waals surface area contributed by atoms with Crippen LogP contribution in [0.1, 0.15) is 18.9 Å². The molecule has 0 bridgehead atoms. The molecule has 5 heteroatoms. The fourth-order valence-electron chi connectivity index (χ4n) is 4.31. The molecule has 1 atom stereocenters. The van der Waals surface area contributed by atoms with Crippen molar-refractivity contribution in [3.63, 3.8) is 0 Å². The van der Waals surface area contributed by atoms with E-state index in [0.717, 1.165) is 31.6 Å². The lowest BCUT2D eigenvalue weighted by atomic mass is 10.1. The molecule has 1 fully saturated rings. The molecule has 1 aliphatic heterocycles. The summed E-state index contributed by atoms with van der Waals surface area (Å²) >= 11 is 0. The molecular formula is C24H27ClN2O2. The number of nitrogens with zero attached hydrogens (tertiary/aromatic N) is 2. The second-order valence-electron chi connectivity index (χ2n) is 7.41. The number of fused-ring (bicyclic) bond motifs is 1. The molecule has 1 N–H and O–H groups in total. The Morgan fingerprint density at radius 3 is 2.52 bits per heavy atom. The molecule has 0 aliphatic carbocycles. The Morgan fingerprint density at radius 1 is 1.07 bits per heavy atom. The molecule has 152 valence electrons. The van der Waals surface area contributed by atoms with Gasteiger partial charge in [-0.15, -0.1) is 12.4 Å². The van der Waals surface area contributed by atoms with Crippen LogP contribution in [-0.2, 0) is 11.2 Å². The van der Waals surface area contributed by atoms with Gasteiger partial charge in [0.2, 0.25) is 0 Å². The number of rotatable bonds is 6. The van der Waals surface area contributed by atoms with Gasteiger partial charge >= 0.3 is 5.97 Å². The molecule has 1 heterocycles. The van der Waals surface area contributed by atoms with Crippen molar-refractivity contribution in [2.75, 3.05) is 29.4 Å². The highest BCUT2D eigenvalue weighted by Crippen LogP contribution is 2.31. The van der Waals surface area contributed by atoms with Gasteiger partial charge in [0.25, 0.3) is 0 Å². The molecule has 4 rings (SSSR count). The first-order chi connectivity index (χ1) is 13.7. The van der Waals surface area contributed by atoms with Gasteiger partial charge in [0.05, 0.1) is 6.42 Å². The predicted molar refractivity (Wildman–Crippen MR) is 123 cm³/mol. The summed E-state index contributed by atoms with van der Waals surface area (Å²) in [5.74, 6) is -0.789. The van der Waals surface area contributed by atoms with Crippen molar-refractivity contribution < 1.29 is 9.90 Å². The standard InChI is InChI=1S/C24H26N2O2.ClH/c1-2-26(23-9-5-7-19-6-3-4-8-22(19)23)21-14-15-25(17-21)20-12-10-18(11-13-20)16-24(27)28;/h3-13,21H,2,14-17H2,1H3,(H,27,28);1H/t21-;/m0./s1. The van der Waals surface area contributed by atoms with Crippen molar-refractivity contribution in [2.45, 2.75) is 25.8 Å². The summed E-state index contributed by atoms with van der Waals surface area (Å²) in [5.41, 5.74) is 3.33. The average Bonchev–Trinajstić information content (AvgIpc) is 3.19. The number of anilines is 2. The lowest BCUT2D eigenvalue weighted by molar-refractivity contribution is -0.136. The fraction of sp³-hybridized carbons (Fsp3) is 0.292. The van der Waals surface area contributed by atoms with Gasteiger partial charge in [0.1, 0.15) is 0 Å². The summed E-state index contributed by atoms with van der Waals surface area (Å²) in [6, 6.07) is 23.6. The molecule has 29 heavy (non-hydrogen) atoms. The Kier molecular flexibility index (Phi) is 6.65. The Labute approximate surface area is 178 Å². The first kappa shape index (κ1) is 21.0. The van der Waals surface area contributed by atoms with E-state index in [9.17, 15) is 4.79 Å². The number of benzene rings is 3. The van der Waals surface area contributed by atoms with Crippen LogP contribution >= 0.6 is 12.4 Å². The molecule has 1 saturated heterocycles. The highest BCUT2D eigenvalue weighted by Gasteiger charge is 2.28. The molecule has 0 amide bonds. The van der Waals surface area contributed by atoms with Crippen LogP contribution in [-0.4, -0.2) is 36.8 Å². The van der Waals surface area contributed by atoms with Gasteiger partial charge in [0.15, 0.2) is 0 Å². The van der Waals surface area contributed by atoms with Crippen LogP contribution in [0, 0.1) is 0 Å². The Balaban J connectivity index is 0.00000240. The van der Waals surface area contributed by atoms with Gasteiger partial charge < -0.3 is 14.9 Å². The van der Waals surface area contributed by atoms with E-state index in [-0.39, 0.29) is 18.8 Å². The van der Waals surface area contributed by atoms with E-state index in [1.807, 2.05) is 12.1 Å². The van der Waals surface area contributed by atoms with Gasteiger partial charge in [0, 0.05) is 42.4 Å². The van der Waals surface area contributed by atoms with Gasteiger partial charge in [-0.2, -0.15) is 0 Å². The van der Waals surface area contributed by atoms with Crippen LogP contribution in [0.25, 0.3) is 10.8 Å². The van der Waals surface area contributed by atoms with Crippen molar-refractivity contribution in [2.24, 2.45) is 0 Å². The molecule has 1 aliphatic rings. The third kappa shape index (κ3) is 4.48. The van der Waals surface area contributed by atoms with Crippen molar-refractivity contribution in [1.29, 1.82) is 0 Å². The zero-order chi connectivity index (χ0) is 19.5. The average molecular weight is 411 g/mol. The first-order valence-corrected chi connectivity index (χ1v) is 9.96. The second kappa shape index (κ2) is 9.19. The summed E-state index contributed by atoms with van der Waals surface area (Å²) < 4.78 is 0. The van der Waals surface area contributed by atoms with Crippen LogP contribution in [0.4, 0.5) is 11.4 Å². The van der Waals surface area contributed by atoms with Crippen LogP contribution in [0.15, 0.2) is 66.7 Å². The molecule has 3 aromatic rings. The Bertz CT molecular complexity index is 969. The van der Waals surface area contributed by atoms with Crippen LogP contribution in [0.3, 0.4) is 0 Å². The van der Waals surface area contributed by atoms with E-state index >= 15 is 0 Å². The van der Waals surface area contributed by atoms with Crippen LogP contribution in [0.5, 0.6) is 0 Å². The summed E-state index contributed by atoms with van der Waals surface area (Å²) in [6.07, 6.45) is 1.20. The quantitative estimate of drug-likeness (QED) is 0.621. The third-order valence-corrected chi connectivity index (χ3v) is 5.68. The predicted octanol–water partition coefficient (Wildman–Crippen LogP) is 4.99. The van der Waals surface area contributed by atoms with Crippen LogP contribution < -0.4 is 9.80 Å². The van der Waals surface area contributed by atoms with Gasteiger partial charge in [-0.25, -0.2) is 0 Å². The minimum atomic E-state index is -0.789. The highest BCUT2D eigenvalue weighted by molar-refractivity contribution is 5.94. The molecule has 4 nitrogen and oxygen atoms in total. The zero-order valence-corrected chi connectivity index (χ0v) is 17.4. The smallest absolute Gasteiger partial charge is 0.307 e. The van der Waals surface area contributed by atoms with Crippen molar-refractivity contribution >= 4 is 40.5 Å². The normalized spacial score (nSPS) is 15.9. The maximum absolute atomic E-state index is 10.9. The van der Waals surface area contributed by atoms with Crippen molar-refractivity contribution in [3.8, 4) is 0 Å². The fourth-order valence-corrected chi connectivity index (χ4v) is 4.31. The molecule has 0 unspecified atom stereocenters.